The summed E-state index contributed by atoms with van der Waals surface area (Å²) < 4.78 is 0. The topological polar surface area (TPSA) is 24.9 Å². The zero-order valence-electron chi connectivity index (χ0n) is 11.1. The van der Waals surface area contributed by atoms with E-state index in [0.29, 0.717) is 5.92 Å². The predicted molar refractivity (Wildman–Crippen MR) is 76.7 cm³/mol. The van der Waals surface area contributed by atoms with Gasteiger partial charge in [-0.05, 0) is 47.7 Å². The standard InChI is InChI=1S/C16H20N2/c1-3-13(2)15-4-6-16(7-5-15)18-12-14-8-10-17-11-9-14/h4-11,13,18H,3,12H2,1-2H3. The van der Waals surface area contributed by atoms with Crippen molar-refractivity contribution in [2.75, 3.05) is 5.32 Å². The molecule has 1 heterocycles. The molecule has 2 nitrogen and oxygen atoms in total. The summed E-state index contributed by atoms with van der Waals surface area (Å²) in [6.45, 7) is 5.32. The Balaban J connectivity index is 1.94. The number of rotatable bonds is 5. The SMILES string of the molecule is CCC(C)c1ccc(NCc2ccncc2)cc1. The zero-order chi connectivity index (χ0) is 12.8. The lowest BCUT2D eigenvalue weighted by Crippen LogP contribution is -1.99. The molecular formula is C16H20N2. The molecule has 2 heteroatoms. The van der Waals surface area contributed by atoms with Crippen molar-refractivity contribution in [1.29, 1.82) is 0 Å². The first kappa shape index (κ1) is 12.6. The minimum Gasteiger partial charge on any atom is -0.381 e. The minimum absolute atomic E-state index is 0.638. The molecule has 2 aromatic rings. The van der Waals surface area contributed by atoms with Gasteiger partial charge in [-0.2, -0.15) is 0 Å². The number of anilines is 1. The number of pyridine rings is 1. The minimum atomic E-state index is 0.638. The molecule has 0 amide bonds. The lowest BCUT2D eigenvalue weighted by Gasteiger charge is -2.11. The molecule has 0 aliphatic rings. The fourth-order valence-electron chi connectivity index (χ4n) is 1.87. The Morgan fingerprint density at radius 2 is 1.72 bits per heavy atom. The summed E-state index contributed by atoms with van der Waals surface area (Å²) >= 11 is 0. The molecular weight excluding hydrogens is 220 g/mol. The Kier molecular flexibility index (Phi) is 4.35. The van der Waals surface area contributed by atoms with Gasteiger partial charge in [0.2, 0.25) is 0 Å². The highest BCUT2D eigenvalue weighted by atomic mass is 14.9. The van der Waals surface area contributed by atoms with Crippen LogP contribution in [0.1, 0.15) is 37.3 Å². The first-order chi connectivity index (χ1) is 8.79. The molecule has 1 aromatic heterocycles. The second-order valence-corrected chi connectivity index (χ2v) is 4.64. The highest BCUT2D eigenvalue weighted by Gasteiger charge is 2.02. The van der Waals surface area contributed by atoms with Crippen LogP contribution in [0, 0.1) is 0 Å². The van der Waals surface area contributed by atoms with Gasteiger partial charge in [0.25, 0.3) is 0 Å². The summed E-state index contributed by atoms with van der Waals surface area (Å²) in [7, 11) is 0. The number of nitrogens with one attached hydrogen (secondary N) is 1. The molecule has 0 spiro atoms. The third-order valence-corrected chi connectivity index (χ3v) is 3.34. The number of hydrogen-bond donors (Lipinski definition) is 1. The van der Waals surface area contributed by atoms with Crippen LogP contribution >= 0.6 is 0 Å². The maximum atomic E-state index is 4.01. The Labute approximate surface area is 109 Å². The van der Waals surface area contributed by atoms with Gasteiger partial charge < -0.3 is 5.32 Å². The van der Waals surface area contributed by atoms with E-state index in [9.17, 15) is 0 Å². The smallest absolute Gasteiger partial charge is 0.0401 e. The van der Waals surface area contributed by atoms with Crippen molar-refractivity contribution in [1.82, 2.24) is 4.98 Å². The fraction of sp³-hybridized carbons (Fsp3) is 0.312. The number of nitrogens with zero attached hydrogens (tertiary/aromatic N) is 1. The highest BCUT2D eigenvalue weighted by molar-refractivity contribution is 5.45. The van der Waals surface area contributed by atoms with Crippen LogP contribution < -0.4 is 5.32 Å². The molecule has 0 aliphatic carbocycles. The van der Waals surface area contributed by atoms with E-state index in [1.165, 1.54) is 23.2 Å². The second-order valence-electron chi connectivity index (χ2n) is 4.64. The molecule has 94 valence electrons. The van der Waals surface area contributed by atoms with Crippen LogP contribution in [0.25, 0.3) is 0 Å². The Morgan fingerprint density at radius 3 is 2.33 bits per heavy atom. The summed E-state index contributed by atoms with van der Waals surface area (Å²) in [4.78, 5) is 4.01. The average molecular weight is 240 g/mol. The van der Waals surface area contributed by atoms with E-state index in [0.717, 1.165) is 6.54 Å². The molecule has 1 unspecified atom stereocenters. The molecule has 0 fully saturated rings. The summed E-state index contributed by atoms with van der Waals surface area (Å²) in [5.41, 5.74) is 3.82. The normalized spacial score (nSPS) is 12.1. The van der Waals surface area contributed by atoms with Gasteiger partial charge in [-0.3, -0.25) is 4.98 Å². The lowest BCUT2D eigenvalue weighted by molar-refractivity contribution is 0.734. The first-order valence-electron chi connectivity index (χ1n) is 6.52. The second kappa shape index (κ2) is 6.20. The summed E-state index contributed by atoms with van der Waals surface area (Å²) in [6, 6.07) is 12.8. The number of benzene rings is 1. The third kappa shape index (κ3) is 3.33. The van der Waals surface area contributed by atoms with Crippen molar-refractivity contribution < 1.29 is 0 Å². The maximum Gasteiger partial charge on any atom is 0.0401 e. The van der Waals surface area contributed by atoms with E-state index in [2.05, 4.69) is 48.4 Å². The van der Waals surface area contributed by atoms with E-state index in [4.69, 9.17) is 0 Å². The number of hydrogen-bond acceptors (Lipinski definition) is 2. The third-order valence-electron chi connectivity index (χ3n) is 3.34. The molecule has 1 N–H and O–H groups in total. The van der Waals surface area contributed by atoms with E-state index < -0.39 is 0 Å². The van der Waals surface area contributed by atoms with Crippen LogP contribution in [0.15, 0.2) is 48.8 Å². The fourth-order valence-corrected chi connectivity index (χ4v) is 1.87. The van der Waals surface area contributed by atoms with Gasteiger partial charge in [0.05, 0.1) is 0 Å². The Hall–Kier alpha value is -1.83. The molecule has 1 atom stereocenters. The van der Waals surface area contributed by atoms with Crippen molar-refractivity contribution in [3.8, 4) is 0 Å². The molecule has 2 rings (SSSR count). The monoisotopic (exact) mass is 240 g/mol. The Bertz CT molecular complexity index is 462. The van der Waals surface area contributed by atoms with Crippen molar-refractivity contribution in [3.05, 3.63) is 59.9 Å². The van der Waals surface area contributed by atoms with Gasteiger partial charge in [0, 0.05) is 24.6 Å². The Morgan fingerprint density at radius 1 is 1.06 bits per heavy atom. The summed E-state index contributed by atoms with van der Waals surface area (Å²) in [5, 5.41) is 3.42. The van der Waals surface area contributed by atoms with Gasteiger partial charge in [-0.25, -0.2) is 0 Å². The van der Waals surface area contributed by atoms with Gasteiger partial charge in [0.15, 0.2) is 0 Å². The zero-order valence-corrected chi connectivity index (χ0v) is 11.1. The largest absolute Gasteiger partial charge is 0.381 e. The van der Waals surface area contributed by atoms with Gasteiger partial charge >= 0.3 is 0 Å². The van der Waals surface area contributed by atoms with E-state index in [1.807, 2.05) is 24.5 Å². The molecule has 0 radical (unpaired) electrons. The van der Waals surface area contributed by atoms with Crippen molar-refractivity contribution in [2.24, 2.45) is 0 Å². The summed E-state index contributed by atoms with van der Waals surface area (Å²) in [5.74, 6) is 0.638. The quantitative estimate of drug-likeness (QED) is 0.847. The van der Waals surface area contributed by atoms with Crippen molar-refractivity contribution in [2.45, 2.75) is 32.7 Å². The van der Waals surface area contributed by atoms with Crippen LogP contribution in [-0.2, 0) is 6.54 Å². The number of aromatic nitrogens is 1. The summed E-state index contributed by atoms with van der Waals surface area (Å²) in [6.07, 6.45) is 4.83. The molecule has 0 saturated carbocycles. The van der Waals surface area contributed by atoms with E-state index in [1.54, 1.807) is 0 Å². The van der Waals surface area contributed by atoms with Crippen LogP contribution in [-0.4, -0.2) is 4.98 Å². The van der Waals surface area contributed by atoms with Crippen LogP contribution in [0.4, 0.5) is 5.69 Å². The van der Waals surface area contributed by atoms with Crippen molar-refractivity contribution in [3.63, 3.8) is 0 Å². The van der Waals surface area contributed by atoms with Crippen LogP contribution in [0.5, 0.6) is 0 Å². The van der Waals surface area contributed by atoms with Crippen LogP contribution in [0.3, 0.4) is 0 Å². The maximum absolute atomic E-state index is 4.01. The van der Waals surface area contributed by atoms with E-state index in [-0.39, 0.29) is 0 Å². The van der Waals surface area contributed by atoms with Crippen molar-refractivity contribution >= 4 is 5.69 Å². The molecule has 0 saturated heterocycles. The van der Waals surface area contributed by atoms with Gasteiger partial charge in [-0.1, -0.05) is 26.0 Å². The van der Waals surface area contributed by atoms with Gasteiger partial charge in [-0.15, -0.1) is 0 Å². The first-order valence-corrected chi connectivity index (χ1v) is 6.52. The predicted octanol–water partition coefficient (Wildman–Crippen LogP) is 4.21. The molecule has 1 aromatic carbocycles. The van der Waals surface area contributed by atoms with Gasteiger partial charge in [0.1, 0.15) is 0 Å². The molecule has 0 aliphatic heterocycles. The average Bonchev–Trinajstić information content (AvgIpc) is 2.46. The lowest BCUT2D eigenvalue weighted by atomic mass is 9.99. The molecule has 18 heavy (non-hydrogen) atoms. The highest BCUT2D eigenvalue weighted by Crippen LogP contribution is 2.20. The van der Waals surface area contributed by atoms with Crippen LogP contribution in [0.2, 0.25) is 0 Å². The molecule has 0 bridgehead atoms. The van der Waals surface area contributed by atoms with E-state index >= 15 is 0 Å².